The van der Waals surface area contributed by atoms with E-state index in [-0.39, 0.29) is 0 Å². The molecule has 94 valence electrons. The Kier molecular flexibility index (Phi) is 2.90. The molecule has 1 atom stereocenters. The summed E-state index contributed by atoms with van der Waals surface area (Å²) in [5, 5.41) is 3.64. The molecule has 3 rings (SSSR count). The van der Waals surface area contributed by atoms with Gasteiger partial charge < -0.3 is 5.32 Å². The lowest BCUT2D eigenvalue weighted by Crippen LogP contribution is -2.02. The Morgan fingerprint density at radius 2 is 2.06 bits per heavy atom. The van der Waals surface area contributed by atoms with Crippen molar-refractivity contribution in [2.75, 3.05) is 5.32 Å². The summed E-state index contributed by atoms with van der Waals surface area (Å²) in [4.78, 5) is 2.85. The molecule has 18 heavy (non-hydrogen) atoms. The summed E-state index contributed by atoms with van der Waals surface area (Å²) in [5.74, 6) is 0.610. The Morgan fingerprint density at radius 3 is 2.72 bits per heavy atom. The number of fused-ring (bicyclic) bond motifs is 1. The zero-order chi connectivity index (χ0) is 12.7. The molecule has 1 aromatic heterocycles. The lowest BCUT2D eigenvalue weighted by atomic mass is 9.99. The van der Waals surface area contributed by atoms with Crippen LogP contribution >= 0.6 is 11.3 Å². The van der Waals surface area contributed by atoms with Crippen LogP contribution in [0.5, 0.6) is 0 Å². The van der Waals surface area contributed by atoms with Crippen LogP contribution in [0.1, 0.15) is 46.7 Å². The number of rotatable bonds is 2. The lowest BCUT2D eigenvalue weighted by molar-refractivity contribution is 0.835. The van der Waals surface area contributed by atoms with Crippen LogP contribution < -0.4 is 5.32 Å². The minimum Gasteiger partial charge on any atom is -0.377 e. The molecule has 0 saturated heterocycles. The Morgan fingerprint density at radius 1 is 1.22 bits per heavy atom. The molecule has 0 fully saturated rings. The van der Waals surface area contributed by atoms with E-state index in [2.05, 4.69) is 56.4 Å². The predicted octanol–water partition coefficient (Wildman–Crippen LogP) is 4.89. The number of benzene rings is 1. The van der Waals surface area contributed by atoms with Crippen molar-refractivity contribution in [3.8, 4) is 0 Å². The normalized spacial score (nSPS) is 17.9. The number of hydrogen-bond donors (Lipinski definition) is 1. The third-order valence-corrected chi connectivity index (χ3v) is 4.77. The van der Waals surface area contributed by atoms with Crippen LogP contribution in [0.25, 0.3) is 0 Å². The van der Waals surface area contributed by atoms with Gasteiger partial charge in [0.1, 0.15) is 0 Å². The van der Waals surface area contributed by atoms with E-state index < -0.39 is 0 Å². The second-order valence-electron chi connectivity index (χ2n) is 5.42. The molecule has 1 N–H and O–H groups in total. The first kappa shape index (κ1) is 11.8. The standard InChI is InChI=1S/C16H19NS/c1-10(2)12-5-6-14-13(8-12)9-15(17-14)16-7-4-11(3)18-16/h4-8,10,15,17H,9H2,1-3H3. The van der Waals surface area contributed by atoms with E-state index >= 15 is 0 Å². The van der Waals surface area contributed by atoms with Crippen LogP contribution in [0.2, 0.25) is 0 Å². The average Bonchev–Trinajstić information content (AvgIpc) is 2.93. The van der Waals surface area contributed by atoms with Crippen molar-refractivity contribution in [1.82, 2.24) is 0 Å². The Balaban J connectivity index is 1.87. The minimum atomic E-state index is 0.473. The molecule has 0 aliphatic carbocycles. The van der Waals surface area contributed by atoms with Crippen LogP contribution in [-0.2, 0) is 6.42 Å². The van der Waals surface area contributed by atoms with Gasteiger partial charge in [0.2, 0.25) is 0 Å². The van der Waals surface area contributed by atoms with E-state index in [1.54, 1.807) is 0 Å². The van der Waals surface area contributed by atoms with Gasteiger partial charge in [-0.2, -0.15) is 0 Å². The maximum Gasteiger partial charge on any atom is 0.0647 e. The molecule has 0 spiro atoms. The number of anilines is 1. The van der Waals surface area contributed by atoms with Gasteiger partial charge in [0, 0.05) is 15.4 Å². The summed E-state index contributed by atoms with van der Waals surface area (Å²) in [7, 11) is 0. The highest BCUT2D eigenvalue weighted by Crippen LogP contribution is 2.37. The van der Waals surface area contributed by atoms with Gasteiger partial charge in [-0.25, -0.2) is 0 Å². The summed E-state index contributed by atoms with van der Waals surface area (Å²) in [6.07, 6.45) is 1.12. The highest BCUT2D eigenvalue weighted by molar-refractivity contribution is 7.12. The van der Waals surface area contributed by atoms with Crippen LogP contribution in [0.3, 0.4) is 0 Å². The van der Waals surface area contributed by atoms with Crippen molar-refractivity contribution < 1.29 is 0 Å². The van der Waals surface area contributed by atoms with E-state index in [9.17, 15) is 0 Å². The molecule has 2 aromatic rings. The summed E-state index contributed by atoms with van der Waals surface area (Å²) in [6, 6.07) is 11.8. The lowest BCUT2D eigenvalue weighted by Gasteiger charge is -2.08. The molecule has 1 aliphatic rings. The van der Waals surface area contributed by atoms with Crippen LogP contribution in [0.4, 0.5) is 5.69 Å². The fraction of sp³-hybridized carbons (Fsp3) is 0.375. The van der Waals surface area contributed by atoms with E-state index in [0.29, 0.717) is 12.0 Å². The largest absolute Gasteiger partial charge is 0.377 e. The summed E-state index contributed by atoms with van der Waals surface area (Å²) >= 11 is 1.90. The van der Waals surface area contributed by atoms with Crippen molar-refractivity contribution in [1.29, 1.82) is 0 Å². The monoisotopic (exact) mass is 257 g/mol. The molecule has 1 aliphatic heterocycles. The molecule has 0 saturated carbocycles. The van der Waals surface area contributed by atoms with Crippen molar-refractivity contribution in [2.24, 2.45) is 0 Å². The molecular weight excluding hydrogens is 238 g/mol. The van der Waals surface area contributed by atoms with Crippen LogP contribution in [0.15, 0.2) is 30.3 Å². The van der Waals surface area contributed by atoms with Gasteiger partial charge in [0.25, 0.3) is 0 Å². The third kappa shape index (κ3) is 2.05. The van der Waals surface area contributed by atoms with Gasteiger partial charge in [-0.05, 0) is 48.6 Å². The van der Waals surface area contributed by atoms with Crippen LogP contribution in [0, 0.1) is 6.92 Å². The van der Waals surface area contributed by atoms with Gasteiger partial charge in [0.05, 0.1) is 6.04 Å². The first-order valence-electron chi connectivity index (χ1n) is 6.59. The van der Waals surface area contributed by atoms with E-state index in [4.69, 9.17) is 0 Å². The van der Waals surface area contributed by atoms with Gasteiger partial charge in [-0.1, -0.05) is 26.0 Å². The van der Waals surface area contributed by atoms with Crippen molar-refractivity contribution in [3.63, 3.8) is 0 Å². The van der Waals surface area contributed by atoms with Gasteiger partial charge in [-0.15, -0.1) is 11.3 Å². The number of nitrogens with one attached hydrogen (secondary N) is 1. The summed E-state index contributed by atoms with van der Waals surface area (Å²) < 4.78 is 0. The van der Waals surface area contributed by atoms with Gasteiger partial charge >= 0.3 is 0 Å². The first-order chi connectivity index (χ1) is 8.63. The zero-order valence-corrected chi connectivity index (χ0v) is 12.0. The summed E-state index contributed by atoms with van der Waals surface area (Å²) in [5.41, 5.74) is 4.23. The quantitative estimate of drug-likeness (QED) is 0.807. The molecule has 1 unspecified atom stereocenters. The Bertz CT molecular complexity index is 568. The molecule has 0 radical (unpaired) electrons. The SMILES string of the molecule is Cc1ccc(C2Cc3cc(C(C)C)ccc3N2)s1. The predicted molar refractivity (Wildman–Crippen MR) is 79.7 cm³/mol. The molecule has 1 nitrogen and oxygen atoms in total. The second kappa shape index (κ2) is 4.43. The maximum absolute atomic E-state index is 3.64. The van der Waals surface area contributed by atoms with E-state index in [0.717, 1.165) is 6.42 Å². The molecule has 1 aromatic carbocycles. The fourth-order valence-corrected chi connectivity index (χ4v) is 3.48. The zero-order valence-electron chi connectivity index (χ0n) is 11.2. The van der Waals surface area contributed by atoms with E-state index in [1.165, 1.54) is 26.6 Å². The average molecular weight is 257 g/mol. The third-order valence-electron chi connectivity index (χ3n) is 3.65. The highest BCUT2D eigenvalue weighted by atomic mass is 32.1. The van der Waals surface area contributed by atoms with Crippen molar-refractivity contribution >= 4 is 17.0 Å². The highest BCUT2D eigenvalue weighted by Gasteiger charge is 2.23. The summed E-state index contributed by atoms with van der Waals surface area (Å²) in [6.45, 7) is 6.68. The Hall–Kier alpha value is -1.28. The molecule has 2 heteroatoms. The van der Waals surface area contributed by atoms with Crippen LogP contribution in [-0.4, -0.2) is 0 Å². The van der Waals surface area contributed by atoms with Gasteiger partial charge in [0.15, 0.2) is 0 Å². The smallest absolute Gasteiger partial charge is 0.0647 e. The topological polar surface area (TPSA) is 12.0 Å². The number of aryl methyl sites for hydroxylation is 1. The number of hydrogen-bond acceptors (Lipinski definition) is 2. The van der Waals surface area contributed by atoms with Crippen molar-refractivity contribution in [3.05, 3.63) is 51.2 Å². The number of thiophene rings is 1. The first-order valence-corrected chi connectivity index (χ1v) is 7.41. The second-order valence-corrected chi connectivity index (χ2v) is 6.74. The fourth-order valence-electron chi connectivity index (χ4n) is 2.55. The maximum atomic E-state index is 3.64. The van der Waals surface area contributed by atoms with Crippen molar-refractivity contribution in [2.45, 2.75) is 39.2 Å². The molecular formula is C16H19NS. The van der Waals surface area contributed by atoms with Gasteiger partial charge in [-0.3, -0.25) is 0 Å². The Labute approximate surface area is 113 Å². The van der Waals surface area contributed by atoms with E-state index in [1.807, 2.05) is 11.3 Å². The minimum absolute atomic E-state index is 0.473. The molecule has 0 amide bonds. The molecule has 2 heterocycles. The molecule has 0 bridgehead atoms.